The first-order valence-electron chi connectivity index (χ1n) is 4.76. The van der Waals surface area contributed by atoms with Crippen LogP contribution in [-0.4, -0.2) is 17.0 Å². The molecule has 0 aliphatic rings. The van der Waals surface area contributed by atoms with Crippen LogP contribution in [-0.2, 0) is 4.74 Å². The molecule has 2 aromatic heterocycles. The van der Waals surface area contributed by atoms with Crippen molar-refractivity contribution in [2.75, 3.05) is 6.61 Å². The first-order valence-corrected chi connectivity index (χ1v) is 5.52. The normalized spacial score (nSPS) is 10.7. The van der Waals surface area contributed by atoms with Gasteiger partial charge in [0, 0.05) is 11.7 Å². The molecule has 0 N–H and O–H groups in total. The van der Waals surface area contributed by atoms with Gasteiger partial charge in [0.15, 0.2) is 0 Å². The molecule has 3 nitrogen and oxygen atoms in total. The summed E-state index contributed by atoms with van der Waals surface area (Å²) < 4.78 is 6.55. The predicted molar refractivity (Wildman–Crippen MR) is 63.4 cm³/mol. The number of carbonyl (C=O) groups excluding carboxylic acids is 1. The molecule has 5 heteroatoms. The van der Waals surface area contributed by atoms with Crippen LogP contribution in [0.15, 0.2) is 24.4 Å². The average molecular weight is 258 g/mol. The number of esters is 1. The first kappa shape index (κ1) is 11.3. The van der Waals surface area contributed by atoms with E-state index in [0.717, 1.165) is 5.52 Å². The fourth-order valence-electron chi connectivity index (χ4n) is 1.46. The van der Waals surface area contributed by atoms with Crippen LogP contribution < -0.4 is 0 Å². The topological polar surface area (TPSA) is 30.7 Å². The molecule has 0 spiro atoms. The molecule has 2 rings (SSSR count). The van der Waals surface area contributed by atoms with Crippen LogP contribution in [0.4, 0.5) is 0 Å². The van der Waals surface area contributed by atoms with Crippen molar-refractivity contribution in [2.24, 2.45) is 0 Å². The highest BCUT2D eigenvalue weighted by Gasteiger charge is 2.16. The summed E-state index contributed by atoms with van der Waals surface area (Å²) in [5.41, 5.74) is 1.16. The zero-order chi connectivity index (χ0) is 11.7. The van der Waals surface area contributed by atoms with Crippen molar-refractivity contribution in [1.29, 1.82) is 0 Å². The van der Waals surface area contributed by atoms with E-state index in [4.69, 9.17) is 27.9 Å². The maximum atomic E-state index is 11.6. The molecule has 0 saturated heterocycles. The Bertz CT molecular complexity index is 548. The Morgan fingerprint density at radius 3 is 2.88 bits per heavy atom. The molecule has 0 radical (unpaired) electrons. The average Bonchev–Trinajstić information content (AvgIpc) is 2.57. The predicted octanol–water partition coefficient (Wildman–Crippen LogP) is 3.42. The molecule has 0 saturated carbocycles. The molecular formula is C11H9Cl2NO2. The Morgan fingerprint density at radius 2 is 2.19 bits per heavy atom. The summed E-state index contributed by atoms with van der Waals surface area (Å²) in [7, 11) is 0. The molecule has 0 fully saturated rings. The standard InChI is InChI=1S/C11H9Cl2NO2/c1-2-16-11(15)9-5-8-4-3-7(12)6-14(8)10(9)13/h3-6H,2H2,1H3. The lowest BCUT2D eigenvalue weighted by atomic mass is 10.3. The van der Waals surface area contributed by atoms with Gasteiger partial charge in [-0.15, -0.1) is 0 Å². The molecule has 2 aromatic rings. The molecular weight excluding hydrogens is 249 g/mol. The van der Waals surface area contributed by atoms with E-state index in [9.17, 15) is 4.79 Å². The number of carbonyl (C=O) groups is 1. The molecule has 84 valence electrons. The van der Waals surface area contributed by atoms with Crippen molar-refractivity contribution in [3.63, 3.8) is 0 Å². The van der Waals surface area contributed by atoms with E-state index in [1.54, 1.807) is 35.7 Å². The molecule has 0 bridgehead atoms. The van der Waals surface area contributed by atoms with Gasteiger partial charge in [0.25, 0.3) is 0 Å². The fraction of sp³-hybridized carbons (Fsp3) is 0.182. The SMILES string of the molecule is CCOC(=O)c1cc2ccc(Cl)cn2c1Cl. The Labute approximate surface area is 103 Å². The Balaban J connectivity index is 2.56. The zero-order valence-corrected chi connectivity index (χ0v) is 10.0. The minimum absolute atomic E-state index is 0.316. The minimum atomic E-state index is -0.424. The Hall–Kier alpha value is -1.19. The molecule has 0 atom stereocenters. The van der Waals surface area contributed by atoms with Crippen LogP contribution in [0.2, 0.25) is 10.2 Å². The maximum Gasteiger partial charge on any atom is 0.341 e. The summed E-state index contributed by atoms with van der Waals surface area (Å²) in [6.45, 7) is 2.07. The van der Waals surface area contributed by atoms with Gasteiger partial charge in [-0.3, -0.25) is 0 Å². The van der Waals surface area contributed by atoms with Gasteiger partial charge in [-0.2, -0.15) is 0 Å². The van der Waals surface area contributed by atoms with Gasteiger partial charge in [-0.25, -0.2) is 4.79 Å². The van der Waals surface area contributed by atoms with E-state index in [1.165, 1.54) is 0 Å². The zero-order valence-electron chi connectivity index (χ0n) is 8.54. The van der Waals surface area contributed by atoms with E-state index in [1.807, 2.05) is 0 Å². The van der Waals surface area contributed by atoms with Crippen molar-refractivity contribution < 1.29 is 9.53 Å². The van der Waals surface area contributed by atoms with Crippen LogP contribution in [0.1, 0.15) is 17.3 Å². The largest absolute Gasteiger partial charge is 0.462 e. The number of rotatable bonds is 2. The van der Waals surface area contributed by atoms with Crippen molar-refractivity contribution in [1.82, 2.24) is 4.40 Å². The lowest BCUT2D eigenvalue weighted by Crippen LogP contribution is -2.03. The summed E-state index contributed by atoms with van der Waals surface area (Å²) in [6, 6.07) is 5.20. The van der Waals surface area contributed by atoms with Gasteiger partial charge in [0.1, 0.15) is 5.15 Å². The molecule has 0 aliphatic heterocycles. The lowest BCUT2D eigenvalue weighted by Gasteiger charge is -1.99. The molecule has 0 unspecified atom stereocenters. The summed E-state index contributed by atoms with van der Waals surface area (Å²) in [4.78, 5) is 11.6. The van der Waals surface area contributed by atoms with Crippen molar-refractivity contribution >= 4 is 34.7 Å². The van der Waals surface area contributed by atoms with Gasteiger partial charge in [-0.05, 0) is 25.1 Å². The number of fused-ring (bicyclic) bond motifs is 1. The van der Waals surface area contributed by atoms with E-state index >= 15 is 0 Å². The number of nitrogens with zero attached hydrogens (tertiary/aromatic N) is 1. The third-order valence-electron chi connectivity index (χ3n) is 2.17. The number of halogens is 2. The second-order valence-corrected chi connectivity index (χ2v) is 4.01. The summed E-state index contributed by atoms with van der Waals surface area (Å²) >= 11 is 11.9. The molecule has 0 amide bonds. The van der Waals surface area contributed by atoms with Crippen LogP contribution in [0.25, 0.3) is 5.52 Å². The second kappa shape index (κ2) is 4.36. The van der Waals surface area contributed by atoms with Crippen molar-refractivity contribution in [3.05, 3.63) is 40.1 Å². The molecule has 16 heavy (non-hydrogen) atoms. The fourth-order valence-corrected chi connectivity index (χ4v) is 1.90. The van der Waals surface area contributed by atoms with Gasteiger partial charge < -0.3 is 9.14 Å². The quantitative estimate of drug-likeness (QED) is 0.772. The van der Waals surface area contributed by atoms with Crippen LogP contribution in [0.3, 0.4) is 0 Å². The number of hydrogen-bond acceptors (Lipinski definition) is 2. The Kier molecular flexibility index (Phi) is 3.08. The van der Waals surface area contributed by atoms with Crippen molar-refractivity contribution in [2.45, 2.75) is 6.92 Å². The number of aromatic nitrogens is 1. The Morgan fingerprint density at radius 1 is 1.44 bits per heavy atom. The van der Waals surface area contributed by atoms with E-state index in [-0.39, 0.29) is 0 Å². The van der Waals surface area contributed by atoms with Crippen LogP contribution in [0.5, 0.6) is 0 Å². The molecule has 0 aliphatic carbocycles. The monoisotopic (exact) mass is 257 g/mol. The third kappa shape index (κ3) is 1.88. The highest BCUT2D eigenvalue weighted by molar-refractivity contribution is 6.33. The molecule has 0 aromatic carbocycles. The maximum absolute atomic E-state index is 11.6. The highest BCUT2D eigenvalue weighted by atomic mass is 35.5. The van der Waals surface area contributed by atoms with Gasteiger partial charge in [0.05, 0.1) is 17.2 Å². The van der Waals surface area contributed by atoms with Gasteiger partial charge in [-0.1, -0.05) is 23.2 Å². The smallest absolute Gasteiger partial charge is 0.341 e. The van der Waals surface area contributed by atoms with E-state index in [2.05, 4.69) is 0 Å². The minimum Gasteiger partial charge on any atom is -0.462 e. The van der Waals surface area contributed by atoms with Crippen LogP contribution >= 0.6 is 23.2 Å². The first-order chi connectivity index (χ1) is 7.63. The lowest BCUT2D eigenvalue weighted by molar-refractivity contribution is 0.0527. The summed E-state index contributed by atoms with van der Waals surface area (Å²) in [6.07, 6.45) is 1.65. The number of ether oxygens (including phenoxy) is 1. The highest BCUT2D eigenvalue weighted by Crippen LogP contribution is 2.24. The molecule has 2 heterocycles. The third-order valence-corrected chi connectivity index (χ3v) is 2.77. The van der Waals surface area contributed by atoms with E-state index in [0.29, 0.717) is 22.3 Å². The van der Waals surface area contributed by atoms with E-state index < -0.39 is 5.97 Å². The van der Waals surface area contributed by atoms with Crippen LogP contribution in [0, 0.1) is 0 Å². The summed E-state index contributed by atoms with van der Waals surface area (Å²) in [5.74, 6) is -0.424. The van der Waals surface area contributed by atoms with Gasteiger partial charge >= 0.3 is 5.97 Å². The van der Waals surface area contributed by atoms with Gasteiger partial charge in [0.2, 0.25) is 0 Å². The summed E-state index contributed by atoms with van der Waals surface area (Å²) in [5, 5.41) is 0.872. The number of pyridine rings is 1. The second-order valence-electron chi connectivity index (χ2n) is 3.21. The number of hydrogen-bond donors (Lipinski definition) is 0. The van der Waals surface area contributed by atoms with Crippen molar-refractivity contribution in [3.8, 4) is 0 Å².